The van der Waals surface area contributed by atoms with E-state index in [1.54, 1.807) is 0 Å². The number of carboxylic acid groups (broad SMARTS) is 1. The number of aliphatic hydroxyl groups is 1. The zero-order valence-corrected chi connectivity index (χ0v) is 23.7. The number of allylic oxidation sites excluding steroid dienone is 1. The minimum absolute atomic E-state index is 0. The predicted molar refractivity (Wildman–Crippen MR) is 141 cm³/mol. The van der Waals surface area contributed by atoms with Crippen LogP contribution < -0.4 is 0 Å². The Balaban J connectivity index is -0.000000125. The first kappa shape index (κ1) is 40.9. The van der Waals surface area contributed by atoms with Crippen LogP contribution in [0, 0.1) is 0 Å². The van der Waals surface area contributed by atoms with Crippen LogP contribution in [-0.2, 0) is 9.36 Å². The van der Waals surface area contributed by atoms with Gasteiger partial charge in [-0.15, -0.1) is 0 Å². The molecule has 0 aliphatic carbocycles. The molecule has 1 rings (SSSR count). The van der Waals surface area contributed by atoms with Crippen LogP contribution >= 0.6 is 7.82 Å². The molecule has 8 nitrogen and oxygen atoms in total. The molecular formula is C24H47CaO8P. The van der Waals surface area contributed by atoms with Gasteiger partial charge >= 0.3 is 51.5 Å². The molecule has 0 aromatic heterocycles. The maximum Gasteiger partial charge on any atom is 2.00 e. The normalized spacial score (nSPS) is 11.1. The van der Waals surface area contributed by atoms with Crippen molar-refractivity contribution >= 4 is 51.5 Å². The van der Waals surface area contributed by atoms with E-state index in [-0.39, 0.29) is 52.2 Å². The molecule has 1 aromatic rings. The average molecular weight is 535 g/mol. The van der Waals surface area contributed by atoms with E-state index in [1.165, 1.54) is 25.7 Å². The second kappa shape index (κ2) is 30.8. The summed E-state index contributed by atoms with van der Waals surface area (Å²) in [6, 6.07) is 12.0. The van der Waals surface area contributed by atoms with E-state index >= 15 is 0 Å². The average Bonchev–Trinajstić information content (AvgIpc) is 2.73. The summed E-state index contributed by atoms with van der Waals surface area (Å²) in [4.78, 5) is 31.9. The van der Waals surface area contributed by atoms with Crippen LogP contribution in [0.3, 0.4) is 0 Å². The first-order valence-electron chi connectivity index (χ1n) is 11.5. The first-order chi connectivity index (χ1) is 15.2. The molecule has 34 heavy (non-hydrogen) atoms. The van der Waals surface area contributed by atoms with Crippen molar-refractivity contribution < 1.29 is 42.6 Å². The van der Waals surface area contributed by atoms with Gasteiger partial charge in [0.05, 0.1) is 6.10 Å². The fourth-order valence-electron chi connectivity index (χ4n) is 2.75. The third-order valence-corrected chi connectivity index (χ3v) is 4.39. The van der Waals surface area contributed by atoms with E-state index < -0.39 is 13.8 Å². The standard InChI is InChI=1S/C18H34O3.C6H6.Ca.H3O4P.H2O.2H/c1-2-3-4-11-14-17(19)15-12-9-7-5-6-8-10-13-16-18(20)21;1-2-4-6-5-3-1;;1-5(2,3)4;;;/h9,12,17,19H,2-8,10-11,13-16H2,1H3,(H,20,21);1-6H;;(H3,1,2,3,4);1H2;;/q;;+2;;;2*-1/b12-9-;;;;;;. The summed E-state index contributed by atoms with van der Waals surface area (Å²) in [6.07, 6.45) is 17.4. The Morgan fingerprint density at radius 1 is 0.853 bits per heavy atom. The van der Waals surface area contributed by atoms with Gasteiger partial charge in [0.25, 0.3) is 0 Å². The second-order valence-corrected chi connectivity index (χ2v) is 8.60. The monoisotopic (exact) mass is 534 g/mol. The minimum atomic E-state index is -4.64. The Morgan fingerprint density at radius 2 is 1.29 bits per heavy atom. The molecule has 0 bridgehead atoms. The van der Waals surface area contributed by atoms with Crippen LogP contribution in [0.25, 0.3) is 0 Å². The van der Waals surface area contributed by atoms with Gasteiger partial charge in [-0.2, -0.15) is 0 Å². The number of aliphatic carboxylic acids is 1. The van der Waals surface area contributed by atoms with Gasteiger partial charge in [0.2, 0.25) is 0 Å². The van der Waals surface area contributed by atoms with Crippen LogP contribution in [0.1, 0.15) is 93.2 Å². The quantitative estimate of drug-likeness (QED) is 0.0927. The number of phosphoric acid groups is 1. The fraction of sp³-hybridized carbons (Fsp3) is 0.625. The van der Waals surface area contributed by atoms with E-state index in [9.17, 15) is 9.90 Å². The van der Waals surface area contributed by atoms with Crippen LogP contribution in [0.5, 0.6) is 0 Å². The van der Waals surface area contributed by atoms with Crippen LogP contribution in [0.4, 0.5) is 0 Å². The number of aliphatic hydroxyl groups excluding tert-OH is 1. The van der Waals surface area contributed by atoms with Crippen molar-refractivity contribution in [2.24, 2.45) is 0 Å². The Hall–Kier alpha value is -0.280. The van der Waals surface area contributed by atoms with Crippen LogP contribution in [0.15, 0.2) is 48.6 Å². The maximum atomic E-state index is 10.3. The van der Waals surface area contributed by atoms with Gasteiger partial charge in [-0.1, -0.05) is 100 Å². The van der Waals surface area contributed by atoms with Crippen molar-refractivity contribution in [3.63, 3.8) is 0 Å². The predicted octanol–water partition coefficient (Wildman–Crippen LogP) is 4.86. The summed E-state index contributed by atoms with van der Waals surface area (Å²) in [6.45, 7) is 2.20. The fourth-order valence-corrected chi connectivity index (χ4v) is 2.75. The molecule has 0 amide bonds. The van der Waals surface area contributed by atoms with Gasteiger partial charge in [0.1, 0.15) is 0 Å². The topological polar surface area (TPSA) is 167 Å². The molecular weight excluding hydrogens is 487 g/mol. The maximum absolute atomic E-state index is 10.3. The second-order valence-electron chi connectivity index (χ2n) is 7.58. The van der Waals surface area contributed by atoms with Gasteiger partial charge in [0.15, 0.2) is 0 Å². The molecule has 0 heterocycles. The molecule has 0 aliphatic heterocycles. The first-order valence-corrected chi connectivity index (χ1v) is 13.1. The van der Waals surface area contributed by atoms with E-state index in [1.807, 2.05) is 36.4 Å². The zero-order chi connectivity index (χ0) is 24.5. The van der Waals surface area contributed by atoms with Crippen molar-refractivity contribution in [1.29, 1.82) is 0 Å². The third-order valence-electron chi connectivity index (χ3n) is 4.39. The number of rotatable bonds is 15. The molecule has 7 N–H and O–H groups in total. The number of hydrogen-bond acceptors (Lipinski definition) is 3. The molecule has 0 spiro atoms. The SMILES string of the molecule is CCCCCCC(O)C/C=C\CCCCCCCC(=O)O.O.O=P(O)(O)O.[Ca+2].[H-].[H-].c1ccccc1. The summed E-state index contributed by atoms with van der Waals surface area (Å²) in [5.41, 5.74) is 0. The Kier molecular flexibility index (Phi) is 37.0. The van der Waals surface area contributed by atoms with Crippen molar-refractivity contribution in [2.75, 3.05) is 0 Å². The molecule has 0 aliphatic rings. The molecule has 0 saturated heterocycles. The summed E-state index contributed by atoms with van der Waals surface area (Å²) in [5, 5.41) is 18.3. The van der Waals surface area contributed by atoms with Crippen molar-refractivity contribution in [2.45, 2.75) is 96.5 Å². The summed E-state index contributed by atoms with van der Waals surface area (Å²) >= 11 is 0. The summed E-state index contributed by atoms with van der Waals surface area (Å²) in [5.74, 6) is -0.689. The van der Waals surface area contributed by atoms with E-state index in [2.05, 4.69) is 19.1 Å². The van der Waals surface area contributed by atoms with Crippen molar-refractivity contribution in [3.8, 4) is 0 Å². The molecule has 1 unspecified atom stereocenters. The zero-order valence-electron chi connectivity index (χ0n) is 22.6. The number of benzene rings is 1. The van der Waals surface area contributed by atoms with Crippen LogP contribution in [0.2, 0.25) is 0 Å². The number of hydrogen-bond donors (Lipinski definition) is 5. The number of carboxylic acids is 1. The molecule has 0 saturated carbocycles. The van der Waals surface area contributed by atoms with Crippen LogP contribution in [-0.4, -0.2) is 80.2 Å². The van der Waals surface area contributed by atoms with Crippen molar-refractivity contribution in [3.05, 3.63) is 48.6 Å². The smallest absolute Gasteiger partial charge is 1.00 e. The molecule has 0 radical (unpaired) electrons. The van der Waals surface area contributed by atoms with E-state index in [0.717, 1.165) is 51.4 Å². The number of carbonyl (C=O) groups is 1. The van der Waals surface area contributed by atoms with Gasteiger partial charge in [-0.3, -0.25) is 4.79 Å². The Labute approximate surface area is 238 Å². The summed E-state index contributed by atoms with van der Waals surface area (Å²) in [7, 11) is -4.64. The molecule has 10 heteroatoms. The third kappa shape index (κ3) is 49.0. The minimum Gasteiger partial charge on any atom is -1.00 e. The van der Waals surface area contributed by atoms with E-state index in [0.29, 0.717) is 6.42 Å². The van der Waals surface area contributed by atoms with Crippen molar-refractivity contribution in [1.82, 2.24) is 0 Å². The Bertz CT molecular complexity index is 572. The summed E-state index contributed by atoms with van der Waals surface area (Å²) < 4.78 is 8.88. The van der Waals surface area contributed by atoms with Gasteiger partial charge in [-0.25, -0.2) is 4.57 Å². The molecule has 1 atom stereocenters. The van der Waals surface area contributed by atoms with E-state index in [4.69, 9.17) is 24.4 Å². The largest absolute Gasteiger partial charge is 2.00 e. The molecule has 198 valence electrons. The van der Waals surface area contributed by atoms with Gasteiger partial charge in [-0.05, 0) is 32.1 Å². The molecule has 0 fully saturated rings. The van der Waals surface area contributed by atoms with Gasteiger partial charge in [0, 0.05) is 6.42 Å². The Morgan fingerprint density at radius 3 is 1.76 bits per heavy atom. The van der Waals surface area contributed by atoms with Gasteiger partial charge < -0.3 is 33.2 Å². The number of unbranched alkanes of at least 4 members (excludes halogenated alkanes) is 8. The molecule has 1 aromatic carbocycles.